The summed E-state index contributed by atoms with van der Waals surface area (Å²) in [7, 11) is 0. The second-order valence-corrected chi connectivity index (χ2v) is 8.13. The van der Waals surface area contributed by atoms with Crippen molar-refractivity contribution in [2.24, 2.45) is 0 Å². The highest BCUT2D eigenvalue weighted by atomic mass is 35.5. The van der Waals surface area contributed by atoms with Crippen molar-refractivity contribution < 1.29 is 4.79 Å². The summed E-state index contributed by atoms with van der Waals surface area (Å²) in [5.41, 5.74) is 3.89. The minimum absolute atomic E-state index is 0.0196. The Balaban J connectivity index is 1.68. The maximum atomic E-state index is 12.6. The Bertz CT molecular complexity index is 798. The van der Waals surface area contributed by atoms with Crippen LogP contribution in [0, 0.1) is 6.92 Å². The van der Waals surface area contributed by atoms with Crippen LogP contribution in [0.5, 0.6) is 0 Å². The maximum Gasteiger partial charge on any atom is 0.253 e. The third kappa shape index (κ3) is 5.30. The number of aromatic nitrogens is 1. The first kappa shape index (κ1) is 19.8. The highest BCUT2D eigenvalue weighted by Gasteiger charge is 2.26. The second-order valence-electron chi connectivity index (χ2n) is 7.69. The van der Waals surface area contributed by atoms with E-state index in [2.05, 4.69) is 16.3 Å². The normalized spacial score (nSPS) is 15.9. The van der Waals surface area contributed by atoms with E-state index in [0.29, 0.717) is 5.92 Å². The number of pyridine rings is 1. The molecule has 1 aliphatic rings. The Labute approximate surface area is 166 Å². The highest BCUT2D eigenvalue weighted by molar-refractivity contribution is 6.30. The van der Waals surface area contributed by atoms with Crippen molar-refractivity contribution in [1.29, 1.82) is 0 Å². The van der Waals surface area contributed by atoms with Gasteiger partial charge in [-0.05, 0) is 76.5 Å². The monoisotopic (exact) mass is 385 g/mol. The van der Waals surface area contributed by atoms with E-state index in [1.165, 1.54) is 5.56 Å². The zero-order valence-electron chi connectivity index (χ0n) is 16.3. The number of amides is 1. The first-order chi connectivity index (χ1) is 12.9. The fourth-order valence-corrected chi connectivity index (χ4v) is 3.89. The van der Waals surface area contributed by atoms with E-state index in [1.807, 2.05) is 51.1 Å². The lowest BCUT2D eigenvalue weighted by molar-refractivity contribution is 0.0940. The van der Waals surface area contributed by atoms with Crippen LogP contribution in [-0.2, 0) is 6.54 Å². The van der Waals surface area contributed by atoms with Crippen LogP contribution in [0.4, 0.5) is 0 Å². The molecule has 0 bridgehead atoms. The molecule has 1 aromatic carbocycles. The van der Waals surface area contributed by atoms with Gasteiger partial charge in [0.1, 0.15) is 0 Å². The highest BCUT2D eigenvalue weighted by Crippen LogP contribution is 2.30. The Morgan fingerprint density at radius 3 is 2.67 bits per heavy atom. The van der Waals surface area contributed by atoms with E-state index < -0.39 is 0 Å². The van der Waals surface area contributed by atoms with Crippen LogP contribution in [-0.4, -0.2) is 34.9 Å². The van der Waals surface area contributed by atoms with Crippen molar-refractivity contribution in [2.75, 3.05) is 13.1 Å². The zero-order valence-corrected chi connectivity index (χ0v) is 17.1. The van der Waals surface area contributed by atoms with E-state index in [0.717, 1.165) is 54.4 Å². The number of carbonyl (C=O) groups is 1. The molecular weight excluding hydrogens is 358 g/mol. The van der Waals surface area contributed by atoms with E-state index in [4.69, 9.17) is 16.6 Å². The maximum absolute atomic E-state index is 12.6. The lowest BCUT2D eigenvalue weighted by Gasteiger charge is -2.32. The van der Waals surface area contributed by atoms with Gasteiger partial charge in [0.25, 0.3) is 5.91 Å². The van der Waals surface area contributed by atoms with Crippen LogP contribution >= 0.6 is 11.6 Å². The number of carbonyl (C=O) groups excluding carboxylic acids is 1. The number of likely N-dealkylation sites (tertiary alicyclic amines) is 1. The van der Waals surface area contributed by atoms with Crippen molar-refractivity contribution >= 4 is 17.5 Å². The minimum Gasteiger partial charge on any atom is -0.350 e. The molecule has 1 amide bonds. The van der Waals surface area contributed by atoms with E-state index >= 15 is 0 Å². The molecule has 144 valence electrons. The van der Waals surface area contributed by atoms with E-state index in [1.54, 1.807) is 0 Å². The molecule has 0 unspecified atom stereocenters. The molecule has 5 heteroatoms. The van der Waals surface area contributed by atoms with Gasteiger partial charge in [0.05, 0.1) is 11.3 Å². The molecule has 2 aromatic rings. The average Bonchev–Trinajstić information content (AvgIpc) is 2.61. The van der Waals surface area contributed by atoms with Gasteiger partial charge in [-0.3, -0.25) is 14.7 Å². The van der Waals surface area contributed by atoms with Crippen molar-refractivity contribution in [2.45, 2.75) is 52.1 Å². The Morgan fingerprint density at radius 1 is 1.26 bits per heavy atom. The van der Waals surface area contributed by atoms with Crippen molar-refractivity contribution in [3.63, 3.8) is 0 Å². The van der Waals surface area contributed by atoms with Crippen LogP contribution in [0.15, 0.2) is 36.4 Å². The number of rotatable bonds is 5. The SMILES string of the molecule is Cc1ccc(C(=O)NC(C)C)c(C2CCN(Cc3cccc(Cl)c3)CC2)n1. The van der Waals surface area contributed by atoms with Crippen LogP contribution in [0.3, 0.4) is 0 Å². The summed E-state index contributed by atoms with van der Waals surface area (Å²) in [6, 6.07) is 12.0. The number of aryl methyl sites for hydroxylation is 1. The van der Waals surface area contributed by atoms with Gasteiger partial charge in [-0.25, -0.2) is 0 Å². The average molecular weight is 386 g/mol. The van der Waals surface area contributed by atoms with Crippen LogP contribution in [0.25, 0.3) is 0 Å². The Morgan fingerprint density at radius 2 is 2.00 bits per heavy atom. The molecule has 1 aromatic heterocycles. The molecule has 3 rings (SSSR count). The predicted octanol–water partition coefficient (Wildman–Crippen LogP) is 4.56. The summed E-state index contributed by atoms with van der Waals surface area (Å²) in [6.07, 6.45) is 2.03. The molecule has 0 saturated carbocycles. The summed E-state index contributed by atoms with van der Waals surface area (Å²) in [5.74, 6) is 0.308. The van der Waals surface area contributed by atoms with E-state index in [-0.39, 0.29) is 11.9 Å². The second kappa shape index (κ2) is 8.85. The van der Waals surface area contributed by atoms with E-state index in [9.17, 15) is 4.79 Å². The summed E-state index contributed by atoms with van der Waals surface area (Å²) in [5, 5.41) is 3.79. The lowest BCUT2D eigenvalue weighted by Crippen LogP contribution is -2.35. The molecule has 0 atom stereocenters. The molecular formula is C22H28ClN3O. The number of nitrogens with one attached hydrogen (secondary N) is 1. The summed E-state index contributed by atoms with van der Waals surface area (Å²) in [4.78, 5) is 19.8. The first-order valence-corrected chi connectivity index (χ1v) is 10.1. The molecule has 0 aliphatic carbocycles. The Hall–Kier alpha value is -1.91. The van der Waals surface area contributed by atoms with Gasteiger partial charge >= 0.3 is 0 Å². The van der Waals surface area contributed by atoms with Crippen LogP contribution < -0.4 is 5.32 Å². The van der Waals surface area contributed by atoms with Gasteiger partial charge in [-0.15, -0.1) is 0 Å². The number of nitrogens with zero attached hydrogens (tertiary/aromatic N) is 2. The fraction of sp³-hybridized carbons (Fsp3) is 0.455. The minimum atomic E-state index is -0.0196. The van der Waals surface area contributed by atoms with Crippen LogP contribution in [0.1, 0.15) is 59.9 Å². The number of benzene rings is 1. The summed E-state index contributed by atoms with van der Waals surface area (Å²) >= 11 is 6.10. The smallest absolute Gasteiger partial charge is 0.253 e. The van der Waals surface area contributed by atoms with Crippen molar-refractivity contribution in [3.8, 4) is 0 Å². The predicted molar refractivity (Wildman–Crippen MR) is 110 cm³/mol. The largest absolute Gasteiger partial charge is 0.350 e. The summed E-state index contributed by atoms with van der Waals surface area (Å²) in [6.45, 7) is 8.86. The number of halogens is 1. The molecule has 1 N–H and O–H groups in total. The fourth-order valence-electron chi connectivity index (χ4n) is 3.68. The quantitative estimate of drug-likeness (QED) is 0.820. The van der Waals surface area contributed by atoms with Gasteiger partial charge in [-0.1, -0.05) is 23.7 Å². The molecule has 0 spiro atoms. The lowest BCUT2D eigenvalue weighted by atomic mass is 9.89. The topological polar surface area (TPSA) is 45.2 Å². The number of piperidine rings is 1. The molecule has 0 radical (unpaired) electrons. The number of hydrogen-bond donors (Lipinski definition) is 1. The molecule has 1 fully saturated rings. The molecule has 2 heterocycles. The first-order valence-electron chi connectivity index (χ1n) is 9.67. The van der Waals surface area contributed by atoms with Gasteiger partial charge in [0, 0.05) is 29.2 Å². The molecule has 1 aliphatic heterocycles. The Kier molecular flexibility index (Phi) is 6.51. The molecule has 4 nitrogen and oxygen atoms in total. The van der Waals surface area contributed by atoms with Gasteiger partial charge < -0.3 is 5.32 Å². The van der Waals surface area contributed by atoms with Gasteiger partial charge in [0.15, 0.2) is 0 Å². The van der Waals surface area contributed by atoms with Gasteiger partial charge in [-0.2, -0.15) is 0 Å². The van der Waals surface area contributed by atoms with Crippen molar-refractivity contribution in [1.82, 2.24) is 15.2 Å². The standard InChI is InChI=1S/C22H28ClN3O/c1-15(2)24-22(27)20-8-7-16(3)25-21(20)18-9-11-26(12-10-18)14-17-5-4-6-19(23)13-17/h4-8,13,15,18H,9-12,14H2,1-3H3,(H,24,27). The van der Waals surface area contributed by atoms with Gasteiger partial charge in [0.2, 0.25) is 0 Å². The zero-order chi connectivity index (χ0) is 19.4. The number of hydrogen-bond acceptors (Lipinski definition) is 3. The molecule has 27 heavy (non-hydrogen) atoms. The van der Waals surface area contributed by atoms with Crippen molar-refractivity contribution in [3.05, 3.63) is 63.9 Å². The third-order valence-electron chi connectivity index (χ3n) is 5.00. The third-order valence-corrected chi connectivity index (χ3v) is 5.23. The molecule has 1 saturated heterocycles. The summed E-state index contributed by atoms with van der Waals surface area (Å²) < 4.78 is 0. The van der Waals surface area contributed by atoms with Crippen LogP contribution in [0.2, 0.25) is 5.02 Å².